The van der Waals surface area contributed by atoms with Gasteiger partial charge in [0.05, 0.1) is 6.10 Å². The molecule has 1 aromatic rings. The summed E-state index contributed by atoms with van der Waals surface area (Å²) in [6.07, 6.45) is 4.73. The van der Waals surface area contributed by atoms with E-state index in [-0.39, 0.29) is 16.9 Å². The first-order valence-corrected chi connectivity index (χ1v) is 5.58. The summed E-state index contributed by atoms with van der Waals surface area (Å²) in [5.74, 6) is 0. The molecule has 0 unspecified atom stereocenters. The summed E-state index contributed by atoms with van der Waals surface area (Å²) in [7, 11) is 0. The smallest absolute Gasteiger partial charge is 0.0733 e. The first-order chi connectivity index (χ1) is 6.80. The van der Waals surface area contributed by atoms with Crippen LogP contribution in [-0.2, 0) is 10.8 Å². The zero-order chi connectivity index (χ0) is 9.39. The maximum atomic E-state index is 10.4. The summed E-state index contributed by atoms with van der Waals surface area (Å²) in [5, 5.41) is 10.4. The zero-order valence-electron chi connectivity index (χ0n) is 8.16. The monoisotopic (exact) mass is 186 g/mol. The molecule has 14 heavy (non-hydrogen) atoms. The quantitative estimate of drug-likeness (QED) is 0.658. The van der Waals surface area contributed by atoms with Crippen LogP contribution in [0.3, 0.4) is 0 Å². The Balaban J connectivity index is 2.03. The maximum absolute atomic E-state index is 10.4. The van der Waals surface area contributed by atoms with Crippen molar-refractivity contribution < 1.29 is 5.11 Å². The third-order valence-corrected chi connectivity index (χ3v) is 4.62. The van der Waals surface area contributed by atoms with Gasteiger partial charge in [-0.3, -0.25) is 0 Å². The average molecular weight is 186 g/mol. The molecule has 0 bridgehead atoms. The topological polar surface area (TPSA) is 20.2 Å². The minimum atomic E-state index is -0.0765. The van der Waals surface area contributed by atoms with Crippen molar-refractivity contribution >= 4 is 0 Å². The molecule has 0 aromatic heterocycles. The van der Waals surface area contributed by atoms with Crippen LogP contribution in [-0.4, -0.2) is 11.2 Å². The van der Waals surface area contributed by atoms with E-state index in [1.807, 2.05) is 0 Å². The Bertz CT molecular complexity index is 374. The summed E-state index contributed by atoms with van der Waals surface area (Å²) in [6.45, 7) is 0. The van der Waals surface area contributed by atoms with E-state index < -0.39 is 0 Å². The van der Waals surface area contributed by atoms with Crippen LogP contribution in [0.15, 0.2) is 24.3 Å². The molecule has 1 heteroatoms. The summed E-state index contributed by atoms with van der Waals surface area (Å²) >= 11 is 0. The lowest BCUT2D eigenvalue weighted by Crippen LogP contribution is -2.28. The Kier molecular flexibility index (Phi) is 1.02. The highest BCUT2D eigenvalue weighted by molar-refractivity contribution is 5.55. The first kappa shape index (κ1) is 7.47. The predicted octanol–water partition coefficient (Wildman–Crippen LogP) is 2.12. The second-order valence-electron chi connectivity index (χ2n) is 5.26. The molecule has 1 N–H and O–H groups in total. The number of benzene rings is 1. The molecular formula is C13H14O. The normalized spacial score (nSPS) is 29.5. The van der Waals surface area contributed by atoms with E-state index in [4.69, 9.17) is 0 Å². The van der Waals surface area contributed by atoms with Crippen LogP contribution in [0.5, 0.6) is 0 Å². The van der Waals surface area contributed by atoms with Crippen LogP contribution >= 0.6 is 0 Å². The van der Waals surface area contributed by atoms with E-state index >= 15 is 0 Å². The van der Waals surface area contributed by atoms with E-state index in [1.54, 1.807) is 0 Å². The van der Waals surface area contributed by atoms with Crippen LogP contribution in [0.25, 0.3) is 0 Å². The number of hydrogen-bond acceptors (Lipinski definition) is 1. The summed E-state index contributed by atoms with van der Waals surface area (Å²) in [6, 6.07) is 8.71. The molecule has 0 radical (unpaired) electrons. The highest BCUT2D eigenvalue weighted by atomic mass is 16.3. The zero-order valence-corrected chi connectivity index (χ0v) is 8.16. The second kappa shape index (κ2) is 1.92. The highest BCUT2D eigenvalue weighted by Crippen LogP contribution is 2.69. The van der Waals surface area contributed by atoms with Crippen molar-refractivity contribution in [1.29, 1.82) is 0 Å². The van der Waals surface area contributed by atoms with Gasteiger partial charge in [0.2, 0.25) is 0 Å². The second-order valence-corrected chi connectivity index (χ2v) is 5.26. The molecule has 0 heterocycles. The van der Waals surface area contributed by atoms with Gasteiger partial charge in [0, 0.05) is 10.8 Å². The molecule has 72 valence electrons. The van der Waals surface area contributed by atoms with Gasteiger partial charge in [-0.25, -0.2) is 0 Å². The summed E-state index contributed by atoms with van der Waals surface area (Å²) in [4.78, 5) is 0. The number of aliphatic hydroxyl groups excluding tert-OH is 1. The first-order valence-electron chi connectivity index (χ1n) is 5.58. The molecule has 0 atom stereocenters. The maximum Gasteiger partial charge on any atom is 0.0733 e. The highest BCUT2D eigenvalue weighted by Gasteiger charge is 2.69. The SMILES string of the molecule is OC1C2(CC2)c2ccccc2C12CC2. The van der Waals surface area contributed by atoms with Gasteiger partial charge in [0.25, 0.3) is 0 Å². The molecule has 0 aliphatic heterocycles. The number of hydrogen-bond donors (Lipinski definition) is 1. The lowest BCUT2D eigenvalue weighted by atomic mass is 9.93. The van der Waals surface area contributed by atoms with Crippen molar-refractivity contribution in [1.82, 2.24) is 0 Å². The van der Waals surface area contributed by atoms with E-state index in [2.05, 4.69) is 24.3 Å². The van der Waals surface area contributed by atoms with E-state index in [9.17, 15) is 5.11 Å². The molecule has 1 aromatic carbocycles. The van der Waals surface area contributed by atoms with Crippen LogP contribution in [0.1, 0.15) is 36.8 Å². The van der Waals surface area contributed by atoms with Gasteiger partial charge in [0.15, 0.2) is 0 Å². The molecule has 0 amide bonds. The van der Waals surface area contributed by atoms with Gasteiger partial charge < -0.3 is 5.11 Å². The summed E-state index contributed by atoms with van der Waals surface area (Å²) < 4.78 is 0. The van der Waals surface area contributed by atoms with Gasteiger partial charge in [-0.15, -0.1) is 0 Å². The van der Waals surface area contributed by atoms with Gasteiger partial charge in [-0.1, -0.05) is 24.3 Å². The predicted molar refractivity (Wildman–Crippen MR) is 54.3 cm³/mol. The fourth-order valence-electron chi connectivity index (χ4n) is 3.53. The van der Waals surface area contributed by atoms with E-state index in [0.29, 0.717) is 0 Å². The molecule has 0 saturated heterocycles. The Morgan fingerprint density at radius 3 is 1.71 bits per heavy atom. The minimum absolute atomic E-state index is 0.0765. The van der Waals surface area contributed by atoms with Crippen LogP contribution < -0.4 is 0 Å². The van der Waals surface area contributed by atoms with Crippen molar-refractivity contribution in [3.63, 3.8) is 0 Å². The molecule has 3 aliphatic rings. The molecule has 1 nitrogen and oxygen atoms in total. The molecule has 4 rings (SSSR count). The van der Waals surface area contributed by atoms with Gasteiger partial charge in [-0.2, -0.15) is 0 Å². The largest absolute Gasteiger partial charge is 0.391 e. The lowest BCUT2D eigenvalue weighted by molar-refractivity contribution is 0.108. The van der Waals surface area contributed by atoms with Gasteiger partial charge >= 0.3 is 0 Å². The Morgan fingerprint density at radius 1 is 0.929 bits per heavy atom. The third kappa shape index (κ3) is 0.594. The van der Waals surface area contributed by atoms with Crippen molar-refractivity contribution in [2.75, 3.05) is 0 Å². The fraction of sp³-hybridized carbons (Fsp3) is 0.538. The summed E-state index contributed by atoms with van der Waals surface area (Å²) in [5.41, 5.74) is 3.30. The van der Waals surface area contributed by atoms with Crippen molar-refractivity contribution in [3.05, 3.63) is 35.4 Å². The van der Waals surface area contributed by atoms with Gasteiger partial charge in [0.1, 0.15) is 0 Å². The Labute approximate surface area is 83.8 Å². The molecular weight excluding hydrogens is 172 g/mol. The van der Waals surface area contributed by atoms with E-state index in [1.165, 1.54) is 36.8 Å². The Morgan fingerprint density at radius 2 is 1.36 bits per heavy atom. The number of rotatable bonds is 0. The fourth-order valence-corrected chi connectivity index (χ4v) is 3.53. The van der Waals surface area contributed by atoms with Crippen LogP contribution in [0.4, 0.5) is 0 Å². The number of fused-ring (bicyclic) bond motifs is 3. The standard InChI is InChI=1S/C13H14O/c14-11-12(5-6-12)9-3-1-2-4-10(9)13(11)7-8-13/h1-4,11,14H,5-8H2. The minimum Gasteiger partial charge on any atom is -0.391 e. The van der Waals surface area contributed by atoms with Crippen molar-refractivity contribution in [3.8, 4) is 0 Å². The van der Waals surface area contributed by atoms with E-state index in [0.717, 1.165) is 0 Å². The number of aliphatic hydroxyl groups is 1. The van der Waals surface area contributed by atoms with Crippen LogP contribution in [0, 0.1) is 0 Å². The molecule has 2 fully saturated rings. The molecule has 2 saturated carbocycles. The molecule has 3 aliphatic carbocycles. The van der Waals surface area contributed by atoms with Gasteiger partial charge in [-0.05, 0) is 36.8 Å². The van der Waals surface area contributed by atoms with Crippen LogP contribution in [0.2, 0.25) is 0 Å². The average Bonchev–Trinajstić information content (AvgIpc) is 3.11. The van der Waals surface area contributed by atoms with Crippen molar-refractivity contribution in [2.45, 2.75) is 42.6 Å². The van der Waals surface area contributed by atoms with Crippen molar-refractivity contribution in [2.24, 2.45) is 0 Å². The third-order valence-electron chi connectivity index (χ3n) is 4.62. The Hall–Kier alpha value is -0.820. The molecule has 2 spiro atoms. The lowest BCUT2D eigenvalue weighted by Gasteiger charge is -2.18.